The summed E-state index contributed by atoms with van der Waals surface area (Å²) in [6, 6.07) is 8.66. The maximum atomic E-state index is 6.06. The largest absolute Gasteiger partial charge is 0.492 e. The molecule has 0 aromatic heterocycles. The van der Waals surface area contributed by atoms with E-state index in [1.807, 2.05) is 25.2 Å². The van der Waals surface area contributed by atoms with Crippen LogP contribution in [0.5, 0.6) is 5.75 Å². The fraction of sp³-hybridized carbons (Fsp3) is 0.611. The van der Waals surface area contributed by atoms with Crippen LogP contribution >= 0.6 is 24.0 Å². The maximum Gasteiger partial charge on any atom is 0.191 e. The Labute approximate surface area is 163 Å². The van der Waals surface area contributed by atoms with Crippen LogP contribution < -0.4 is 10.5 Å². The number of halogens is 1. The van der Waals surface area contributed by atoms with E-state index in [1.54, 1.807) is 0 Å². The van der Waals surface area contributed by atoms with Gasteiger partial charge in [0.05, 0.1) is 6.54 Å². The van der Waals surface area contributed by atoms with Crippen molar-refractivity contribution in [2.75, 3.05) is 33.3 Å². The van der Waals surface area contributed by atoms with Crippen LogP contribution in [0.4, 0.5) is 0 Å². The molecule has 1 aliphatic carbocycles. The first-order chi connectivity index (χ1) is 11.2. The van der Waals surface area contributed by atoms with Gasteiger partial charge in [-0.2, -0.15) is 0 Å². The highest BCUT2D eigenvalue weighted by atomic mass is 127. The van der Waals surface area contributed by atoms with Crippen molar-refractivity contribution in [1.29, 1.82) is 0 Å². The summed E-state index contributed by atoms with van der Waals surface area (Å²) in [7, 11) is 2.02. The van der Waals surface area contributed by atoms with Gasteiger partial charge < -0.3 is 20.3 Å². The number of hydrogen-bond acceptors (Lipinski definition) is 3. The van der Waals surface area contributed by atoms with Gasteiger partial charge in [-0.25, -0.2) is 4.99 Å². The lowest BCUT2D eigenvalue weighted by atomic mass is 10.2. The molecule has 0 aliphatic heterocycles. The molecule has 1 aromatic rings. The molecule has 2 N–H and O–H groups in total. The third kappa shape index (κ3) is 6.47. The predicted molar refractivity (Wildman–Crippen MR) is 111 cm³/mol. The Morgan fingerprint density at radius 2 is 1.92 bits per heavy atom. The number of guanidine groups is 1. The fourth-order valence-electron chi connectivity index (χ4n) is 2.53. The van der Waals surface area contributed by atoms with E-state index in [0.29, 0.717) is 25.2 Å². The van der Waals surface area contributed by atoms with Gasteiger partial charge in [-0.05, 0) is 32.0 Å². The van der Waals surface area contributed by atoms with Gasteiger partial charge in [0, 0.05) is 25.2 Å². The standard InChI is InChI=1S/C18H30N4O.HI/c1-4-22(5-2)12-13-23-17-9-7-6-8-15(17)14-20-18(19)21(3)16-10-11-16;/h6-9,16H,4-5,10-14H2,1-3H3,(H2,19,20);1H. The van der Waals surface area contributed by atoms with Crippen LogP contribution in [0.25, 0.3) is 0 Å². The summed E-state index contributed by atoms with van der Waals surface area (Å²) in [6.07, 6.45) is 2.44. The Morgan fingerprint density at radius 3 is 2.54 bits per heavy atom. The molecule has 5 nitrogen and oxygen atoms in total. The highest BCUT2D eigenvalue weighted by molar-refractivity contribution is 14.0. The lowest BCUT2D eigenvalue weighted by molar-refractivity contribution is 0.221. The van der Waals surface area contributed by atoms with Crippen molar-refractivity contribution >= 4 is 29.9 Å². The number of benzene rings is 1. The van der Waals surface area contributed by atoms with Crippen LogP contribution in [-0.4, -0.2) is 55.1 Å². The van der Waals surface area contributed by atoms with Gasteiger partial charge in [0.1, 0.15) is 12.4 Å². The van der Waals surface area contributed by atoms with Crippen molar-refractivity contribution in [3.63, 3.8) is 0 Å². The summed E-state index contributed by atoms with van der Waals surface area (Å²) in [4.78, 5) is 8.95. The normalized spacial score (nSPS) is 14.4. The van der Waals surface area contributed by atoms with Gasteiger partial charge >= 0.3 is 0 Å². The number of para-hydroxylation sites is 1. The molecular formula is C18H31IN4O. The van der Waals surface area contributed by atoms with Gasteiger partial charge in [-0.1, -0.05) is 32.0 Å². The van der Waals surface area contributed by atoms with Crippen molar-refractivity contribution in [1.82, 2.24) is 9.80 Å². The molecule has 1 aromatic carbocycles. The summed E-state index contributed by atoms with van der Waals surface area (Å²) in [5, 5.41) is 0. The SMILES string of the molecule is CCN(CC)CCOc1ccccc1CN=C(N)N(C)C1CC1.I. The predicted octanol–water partition coefficient (Wildman–Crippen LogP) is 2.93. The molecule has 24 heavy (non-hydrogen) atoms. The number of aliphatic imine (C=N–C) groups is 1. The Bertz CT molecular complexity index is 515. The molecule has 0 unspecified atom stereocenters. The van der Waals surface area contributed by atoms with E-state index in [1.165, 1.54) is 12.8 Å². The number of likely N-dealkylation sites (N-methyl/N-ethyl adjacent to an activating group) is 1. The topological polar surface area (TPSA) is 54.1 Å². The summed E-state index contributed by atoms with van der Waals surface area (Å²) in [5.41, 5.74) is 7.14. The van der Waals surface area contributed by atoms with E-state index >= 15 is 0 Å². The molecule has 1 saturated carbocycles. The number of ether oxygens (including phenoxy) is 1. The van der Waals surface area contributed by atoms with E-state index in [0.717, 1.165) is 30.9 Å². The molecular weight excluding hydrogens is 415 g/mol. The minimum atomic E-state index is 0. The highest BCUT2D eigenvalue weighted by Crippen LogP contribution is 2.25. The summed E-state index contributed by atoms with van der Waals surface area (Å²) < 4.78 is 5.96. The van der Waals surface area contributed by atoms with Crippen LogP contribution in [0.1, 0.15) is 32.3 Å². The van der Waals surface area contributed by atoms with Gasteiger partial charge in [0.2, 0.25) is 0 Å². The minimum absolute atomic E-state index is 0. The number of rotatable bonds is 9. The van der Waals surface area contributed by atoms with E-state index in [4.69, 9.17) is 10.5 Å². The molecule has 1 fully saturated rings. The van der Waals surface area contributed by atoms with Crippen molar-refractivity contribution in [3.05, 3.63) is 29.8 Å². The molecule has 0 radical (unpaired) electrons. The van der Waals surface area contributed by atoms with E-state index in [9.17, 15) is 0 Å². The van der Waals surface area contributed by atoms with Gasteiger partial charge in [-0.3, -0.25) is 0 Å². The molecule has 0 saturated heterocycles. The Morgan fingerprint density at radius 1 is 1.25 bits per heavy atom. The van der Waals surface area contributed by atoms with E-state index in [2.05, 4.69) is 34.7 Å². The van der Waals surface area contributed by atoms with E-state index in [-0.39, 0.29) is 24.0 Å². The van der Waals surface area contributed by atoms with Crippen LogP contribution in [0, 0.1) is 0 Å². The van der Waals surface area contributed by atoms with E-state index < -0.39 is 0 Å². The molecule has 6 heteroatoms. The minimum Gasteiger partial charge on any atom is -0.492 e. The van der Waals surface area contributed by atoms with Crippen LogP contribution in [0.3, 0.4) is 0 Å². The zero-order chi connectivity index (χ0) is 16.7. The molecule has 0 atom stereocenters. The quantitative estimate of drug-likeness (QED) is 0.360. The highest BCUT2D eigenvalue weighted by Gasteiger charge is 2.27. The monoisotopic (exact) mass is 446 g/mol. The molecule has 0 bridgehead atoms. The summed E-state index contributed by atoms with van der Waals surface area (Å²) >= 11 is 0. The van der Waals surface area contributed by atoms with Crippen molar-refractivity contribution in [2.45, 2.75) is 39.3 Å². The molecule has 0 amide bonds. The second-order valence-electron chi connectivity index (χ2n) is 6.00. The van der Waals surface area contributed by atoms with Gasteiger partial charge in [0.15, 0.2) is 5.96 Å². The lowest BCUT2D eigenvalue weighted by Gasteiger charge is -2.19. The first-order valence-corrected chi connectivity index (χ1v) is 8.61. The Hall–Kier alpha value is -1.02. The fourth-order valence-corrected chi connectivity index (χ4v) is 2.53. The number of nitrogens with zero attached hydrogens (tertiary/aromatic N) is 3. The second-order valence-corrected chi connectivity index (χ2v) is 6.00. The average molecular weight is 446 g/mol. The second kappa shape index (κ2) is 10.8. The average Bonchev–Trinajstić information content (AvgIpc) is 3.41. The number of nitrogens with two attached hydrogens (primary N) is 1. The zero-order valence-electron chi connectivity index (χ0n) is 15.1. The van der Waals surface area contributed by atoms with Crippen molar-refractivity contribution in [3.8, 4) is 5.75 Å². The third-order valence-electron chi connectivity index (χ3n) is 4.40. The van der Waals surface area contributed by atoms with Crippen LogP contribution in [0.2, 0.25) is 0 Å². The molecule has 0 spiro atoms. The summed E-state index contributed by atoms with van der Waals surface area (Å²) in [5.74, 6) is 1.52. The first-order valence-electron chi connectivity index (χ1n) is 8.61. The van der Waals surface area contributed by atoms with Gasteiger partial charge in [0.25, 0.3) is 0 Å². The molecule has 2 rings (SSSR count). The smallest absolute Gasteiger partial charge is 0.191 e. The van der Waals surface area contributed by atoms with Gasteiger partial charge in [-0.15, -0.1) is 24.0 Å². The van der Waals surface area contributed by atoms with Crippen LogP contribution in [0.15, 0.2) is 29.3 Å². The summed E-state index contributed by atoms with van der Waals surface area (Å²) in [6.45, 7) is 8.64. The van der Waals surface area contributed by atoms with Crippen LogP contribution in [-0.2, 0) is 6.54 Å². The third-order valence-corrected chi connectivity index (χ3v) is 4.40. The molecule has 0 heterocycles. The Balaban J connectivity index is 0.00000288. The molecule has 1 aliphatic rings. The molecule has 136 valence electrons. The lowest BCUT2D eigenvalue weighted by Crippen LogP contribution is -2.35. The first kappa shape index (κ1) is 21.0. The Kier molecular flexibility index (Phi) is 9.43. The number of hydrogen-bond donors (Lipinski definition) is 1. The van der Waals surface area contributed by atoms with Crippen molar-refractivity contribution in [2.24, 2.45) is 10.7 Å². The maximum absolute atomic E-state index is 6.06. The zero-order valence-corrected chi connectivity index (χ0v) is 17.4. The van der Waals surface area contributed by atoms with Crippen molar-refractivity contribution < 1.29 is 4.74 Å².